The molecule has 0 spiro atoms. The largest absolute Gasteiger partial charge is 0.303 e. The molecule has 1 N–H and O–H groups in total. The molecule has 2 aromatic rings. The first-order chi connectivity index (χ1) is 10.2. The van der Waals surface area contributed by atoms with Crippen LogP contribution in [0.5, 0.6) is 0 Å². The minimum absolute atomic E-state index is 0.463. The number of nitrogens with zero attached hydrogens (tertiary/aromatic N) is 1. The Bertz CT molecular complexity index is 580. The highest BCUT2D eigenvalue weighted by atomic mass is 79.9. The number of pyridine rings is 1. The molecule has 1 fully saturated rings. The molecule has 112 valence electrons. The van der Waals surface area contributed by atoms with Crippen LogP contribution in [-0.4, -0.2) is 4.98 Å². The van der Waals surface area contributed by atoms with Gasteiger partial charge in [0.15, 0.2) is 0 Å². The van der Waals surface area contributed by atoms with Crippen molar-refractivity contribution in [1.29, 1.82) is 0 Å². The van der Waals surface area contributed by atoms with Gasteiger partial charge in [-0.25, -0.2) is 0 Å². The molecule has 5 heteroatoms. The van der Waals surface area contributed by atoms with E-state index in [0.29, 0.717) is 6.04 Å². The summed E-state index contributed by atoms with van der Waals surface area (Å²) in [6.07, 6.45) is 7.27. The van der Waals surface area contributed by atoms with Crippen molar-refractivity contribution >= 4 is 43.2 Å². The van der Waals surface area contributed by atoms with Crippen LogP contribution in [0, 0.1) is 5.92 Å². The van der Waals surface area contributed by atoms with Gasteiger partial charge in [-0.05, 0) is 68.1 Å². The minimum Gasteiger partial charge on any atom is -0.303 e. The van der Waals surface area contributed by atoms with Crippen molar-refractivity contribution < 1.29 is 0 Å². The second-order valence-corrected chi connectivity index (χ2v) is 8.25. The monoisotopic (exact) mass is 428 g/mol. The summed E-state index contributed by atoms with van der Waals surface area (Å²) in [5.74, 6) is 0.762. The predicted octanol–water partition coefficient (Wildman–Crippen LogP) is 5.69. The van der Waals surface area contributed by atoms with E-state index in [0.717, 1.165) is 27.1 Å². The quantitative estimate of drug-likeness (QED) is 0.660. The first-order valence-corrected chi connectivity index (χ1v) is 9.77. The van der Waals surface area contributed by atoms with Crippen LogP contribution in [0.4, 0.5) is 0 Å². The van der Waals surface area contributed by atoms with Gasteiger partial charge in [0.1, 0.15) is 0 Å². The lowest BCUT2D eigenvalue weighted by atomic mass is 9.96. The number of nitrogens with one attached hydrogen (secondary N) is 1. The molecular weight excluding hydrogens is 412 g/mol. The lowest BCUT2D eigenvalue weighted by Crippen LogP contribution is -2.26. The zero-order valence-electron chi connectivity index (χ0n) is 11.7. The second-order valence-electron chi connectivity index (χ2n) is 5.50. The third-order valence-corrected chi connectivity index (χ3v) is 6.17. The summed E-state index contributed by atoms with van der Waals surface area (Å²) in [5, 5.41) is 5.92. The molecule has 3 rings (SSSR count). The Hall–Kier alpha value is -0.230. The molecule has 2 nitrogen and oxygen atoms in total. The van der Waals surface area contributed by atoms with Crippen LogP contribution in [0.15, 0.2) is 38.7 Å². The van der Waals surface area contributed by atoms with Gasteiger partial charge < -0.3 is 5.32 Å². The fourth-order valence-corrected chi connectivity index (χ4v) is 5.06. The van der Waals surface area contributed by atoms with Crippen molar-refractivity contribution in [3.05, 3.63) is 49.3 Å². The smallest absolute Gasteiger partial charge is 0.0684 e. The Balaban J connectivity index is 1.72. The molecule has 0 bridgehead atoms. The van der Waals surface area contributed by atoms with Crippen LogP contribution in [-0.2, 0) is 6.54 Å². The molecular formula is C16H18Br2N2S. The van der Waals surface area contributed by atoms with E-state index in [1.54, 1.807) is 0 Å². The van der Waals surface area contributed by atoms with Gasteiger partial charge in [0.05, 0.1) is 5.69 Å². The fourth-order valence-electron chi connectivity index (χ4n) is 3.04. The molecule has 1 atom stereocenters. The van der Waals surface area contributed by atoms with Crippen LogP contribution in [0.1, 0.15) is 42.3 Å². The lowest BCUT2D eigenvalue weighted by molar-refractivity contribution is 0.369. The number of aromatic nitrogens is 1. The Morgan fingerprint density at radius 2 is 2.14 bits per heavy atom. The molecule has 21 heavy (non-hydrogen) atoms. The molecule has 1 unspecified atom stereocenters. The van der Waals surface area contributed by atoms with E-state index in [1.165, 1.54) is 30.6 Å². The molecule has 2 aromatic heterocycles. The van der Waals surface area contributed by atoms with Crippen LogP contribution >= 0.6 is 43.2 Å². The van der Waals surface area contributed by atoms with Gasteiger partial charge in [0.2, 0.25) is 0 Å². The average Bonchev–Trinajstić information content (AvgIpc) is 3.14. The van der Waals surface area contributed by atoms with E-state index in [1.807, 2.05) is 17.5 Å². The summed E-state index contributed by atoms with van der Waals surface area (Å²) in [4.78, 5) is 5.96. The molecule has 0 saturated heterocycles. The first-order valence-electron chi connectivity index (χ1n) is 7.31. The zero-order chi connectivity index (χ0) is 14.7. The van der Waals surface area contributed by atoms with Crippen molar-refractivity contribution in [2.24, 2.45) is 5.92 Å². The average molecular weight is 430 g/mol. The summed E-state index contributed by atoms with van der Waals surface area (Å²) < 4.78 is 2.06. The highest BCUT2D eigenvalue weighted by molar-refractivity contribution is 9.11. The van der Waals surface area contributed by atoms with Crippen LogP contribution in [0.25, 0.3) is 0 Å². The number of thiophene rings is 1. The van der Waals surface area contributed by atoms with Crippen molar-refractivity contribution in [2.45, 2.75) is 38.3 Å². The summed E-state index contributed by atoms with van der Waals surface area (Å²) in [5.41, 5.74) is 1.07. The van der Waals surface area contributed by atoms with E-state index < -0.39 is 0 Å². The molecule has 0 radical (unpaired) electrons. The third-order valence-electron chi connectivity index (χ3n) is 4.09. The molecule has 0 aliphatic heterocycles. The lowest BCUT2D eigenvalue weighted by Gasteiger charge is -2.24. The van der Waals surface area contributed by atoms with E-state index in [9.17, 15) is 0 Å². The third kappa shape index (κ3) is 3.95. The van der Waals surface area contributed by atoms with Gasteiger partial charge >= 0.3 is 0 Å². The molecule has 0 aromatic carbocycles. The maximum atomic E-state index is 4.50. The van der Waals surface area contributed by atoms with E-state index in [2.05, 4.69) is 65.7 Å². The topological polar surface area (TPSA) is 24.9 Å². The molecule has 2 heterocycles. The second kappa shape index (κ2) is 7.36. The molecule has 1 aliphatic carbocycles. The Labute approximate surface area is 146 Å². The summed E-state index contributed by atoms with van der Waals surface area (Å²) in [6.45, 7) is 0.799. The van der Waals surface area contributed by atoms with Gasteiger partial charge in [-0.1, -0.05) is 18.9 Å². The number of hydrogen-bond donors (Lipinski definition) is 1. The van der Waals surface area contributed by atoms with Gasteiger partial charge in [-0.2, -0.15) is 0 Å². The standard InChI is InChI=1S/C16H18Br2N2S/c17-12-8-13(18)14(19-9-12)10-20-16(11-4-1-2-5-11)15-6-3-7-21-15/h3,6-9,11,16,20H,1-2,4-5,10H2. The first kappa shape index (κ1) is 15.7. The highest BCUT2D eigenvalue weighted by Gasteiger charge is 2.26. The molecule has 1 aliphatic rings. The maximum absolute atomic E-state index is 4.50. The summed E-state index contributed by atoms with van der Waals surface area (Å²) >= 11 is 8.91. The van der Waals surface area contributed by atoms with Crippen LogP contribution < -0.4 is 5.32 Å². The van der Waals surface area contributed by atoms with Gasteiger partial charge in [-0.15, -0.1) is 11.3 Å². The Kier molecular flexibility index (Phi) is 5.49. The van der Waals surface area contributed by atoms with Crippen molar-refractivity contribution in [3.63, 3.8) is 0 Å². The van der Waals surface area contributed by atoms with Gasteiger partial charge in [0, 0.05) is 32.6 Å². The van der Waals surface area contributed by atoms with Gasteiger partial charge in [0.25, 0.3) is 0 Å². The minimum atomic E-state index is 0.463. The Morgan fingerprint density at radius 1 is 1.33 bits per heavy atom. The summed E-state index contributed by atoms with van der Waals surface area (Å²) in [7, 11) is 0. The van der Waals surface area contributed by atoms with Gasteiger partial charge in [-0.3, -0.25) is 4.98 Å². The van der Waals surface area contributed by atoms with Crippen molar-refractivity contribution in [1.82, 2.24) is 10.3 Å². The molecule has 1 saturated carbocycles. The Morgan fingerprint density at radius 3 is 2.81 bits per heavy atom. The predicted molar refractivity (Wildman–Crippen MR) is 95.5 cm³/mol. The van der Waals surface area contributed by atoms with Crippen LogP contribution in [0.2, 0.25) is 0 Å². The number of halogens is 2. The van der Waals surface area contributed by atoms with E-state index in [4.69, 9.17) is 0 Å². The highest BCUT2D eigenvalue weighted by Crippen LogP contribution is 2.37. The van der Waals surface area contributed by atoms with Crippen molar-refractivity contribution in [2.75, 3.05) is 0 Å². The number of rotatable bonds is 5. The van der Waals surface area contributed by atoms with Crippen LogP contribution in [0.3, 0.4) is 0 Å². The molecule has 0 amide bonds. The maximum Gasteiger partial charge on any atom is 0.0684 e. The zero-order valence-corrected chi connectivity index (χ0v) is 15.7. The number of hydrogen-bond acceptors (Lipinski definition) is 3. The SMILES string of the molecule is Brc1cnc(CNC(c2cccs2)C2CCCC2)c(Br)c1. The normalized spacial score (nSPS) is 17.2. The fraction of sp³-hybridized carbons (Fsp3) is 0.438. The summed E-state index contributed by atoms with van der Waals surface area (Å²) in [6, 6.07) is 6.92. The van der Waals surface area contributed by atoms with E-state index in [-0.39, 0.29) is 0 Å². The van der Waals surface area contributed by atoms with Crippen molar-refractivity contribution in [3.8, 4) is 0 Å². The van der Waals surface area contributed by atoms with E-state index >= 15 is 0 Å².